The molecule has 7 heteroatoms. The highest BCUT2D eigenvalue weighted by Gasteiger charge is 2.05. The number of rotatable bonds is 8. The number of halogens is 1. The molecule has 0 atom stereocenters. The van der Waals surface area contributed by atoms with Crippen molar-refractivity contribution in [2.24, 2.45) is 4.99 Å². The lowest BCUT2D eigenvalue weighted by Crippen LogP contribution is -2.38. The van der Waals surface area contributed by atoms with Crippen molar-refractivity contribution in [3.8, 4) is 0 Å². The summed E-state index contributed by atoms with van der Waals surface area (Å²) < 4.78 is 2.06. The summed E-state index contributed by atoms with van der Waals surface area (Å²) >= 11 is 0. The zero-order valence-electron chi connectivity index (χ0n) is 17.9. The lowest BCUT2D eigenvalue weighted by Gasteiger charge is -2.11. The molecule has 0 radical (unpaired) electrons. The highest BCUT2D eigenvalue weighted by Crippen LogP contribution is 2.19. The Morgan fingerprint density at radius 3 is 2.72 bits per heavy atom. The highest BCUT2D eigenvalue weighted by molar-refractivity contribution is 14.0. The quantitative estimate of drug-likeness (QED) is 0.186. The number of fused-ring (bicyclic) bond motifs is 1. The van der Waals surface area contributed by atoms with Crippen molar-refractivity contribution in [1.29, 1.82) is 0 Å². The molecule has 0 aliphatic carbocycles. The van der Waals surface area contributed by atoms with Gasteiger partial charge in [-0.2, -0.15) is 5.10 Å². The first-order valence-corrected chi connectivity index (χ1v) is 10.2. The van der Waals surface area contributed by atoms with E-state index in [0.717, 1.165) is 50.7 Å². The van der Waals surface area contributed by atoms with E-state index in [9.17, 15) is 0 Å². The van der Waals surface area contributed by atoms with Crippen LogP contribution in [0.2, 0.25) is 0 Å². The molecule has 2 aromatic heterocycles. The van der Waals surface area contributed by atoms with Crippen molar-refractivity contribution in [2.75, 3.05) is 19.6 Å². The predicted octanol–water partition coefficient (Wildman–Crippen LogP) is 4.10. The van der Waals surface area contributed by atoms with Crippen molar-refractivity contribution >= 4 is 40.8 Å². The van der Waals surface area contributed by atoms with Crippen LogP contribution in [0.15, 0.2) is 35.5 Å². The SMILES string of the molecule is CCNC(=NCCCn1nc(C)cc1C)NCCc1c[nH]c2cc(C)ccc12.I. The molecule has 0 spiro atoms. The molecule has 1 aromatic carbocycles. The minimum absolute atomic E-state index is 0. The van der Waals surface area contributed by atoms with Gasteiger partial charge >= 0.3 is 0 Å². The maximum atomic E-state index is 4.70. The third kappa shape index (κ3) is 6.48. The number of aryl methyl sites for hydroxylation is 4. The van der Waals surface area contributed by atoms with Crippen LogP contribution in [-0.2, 0) is 13.0 Å². The Bertz CT molecular complexity index is 940. The summed E-state index contributed by atoms with van der Waals surface area (Å²) in [6.45, 7) is 11.7. The van der Waals surface area contributed by atoms with E-state index in [1.807, 2.05) is 6.92 Å². The fourth-order valence-corrected chi connectivity index (χ4v) is 3.48. The van der Waals surface area contributed by atoms with Gasteiger partial charge in [-0.15, -0.1) is 24.0 Å². The largest absolute Gasteiger partial charge is 0.361 e. The molecule has 0 saturated heterocycles. The van der Waals surface area contributed by atoms with Crippen LogP contribution in [-0.4, -0.2) is 40.4 Å². The zero-order chi connectivity index (χ0) is 19.9. The van der Waals surface area contributed by atoms with Crippen LogP contribution in [0.5, 0.6) is 0 Å². The topological polar surface area (TPSA) is 70.0 Å². The number of hydrogen-bond acceptors (Lipinski definition) is 2. The van der Waals surface area contributed by atoms with Gasteiger partial charge < -0.3 is 15.6 Å². The van der Waals surface area contributed by atoms with Crippen LogP contribution < -0.4 is 10.6 Å². The lowest BCUT2D eigenvalue weighted by molar-refractivity contribution is 0.567. The van der Waals surface area contributed by atoms with Crippen LogP contribution in [0.25, 0.3) is 10.9 Å². The number of guanidine groups is 1. The van der Waals surface area contributed by atoms with E-state index in [1.54, 1.807) is 0 Å². The molecule has 0 saturated carbocycles. The molecule has 0 aliphatic rings. The fourth-order valence-electron chi connectivity index (χ4n) is 3.48. The van der Waals surface area contributed by atoms with Gasteiger partial charge in [0.25, 0.3) is 0 Å². The standard InChI is InChI=1S/C22H32N6.HI/c1-5-23-22(24-10-6-12-28-18(4)14-17(3)27-28)25-11-9-19-15-26-21-13-16(2)7-8-20(19)21;/h7-8,13-15,26H,5-6,9-12H2,1-4H3,(H2,23,24,25);1H. The van der Waals surface area contributed by atoms with Crippen molar-refractivity contribution in [3.05, 3.63) is 53.0 Å². The van der Waals surface area contributed by atoms with Crippen LogP contribution in [0.3, 0.4) is 0 Å². The summed E-state index contributed by atoms with van der Waals surface area (Å²) in [6, 6.07) is 8.68. The van der Waals surface area contributed by atoms with Crippen LogP contribution >= 0.6 is 24.0 Å². The minimum atomic E-state index is 0. The molecule has 0 unspecified atom stereocenters. The molecule has 3 aromatic rings. The van der Waals surface area contributed by atoms with Crippen molar-refractivity contribution < 1.29 is 0 Å². The second-order valence-electron chi connectivity index (χ2n) is 7.30. The van der Waals surface area contributed by atoms with Crippen LogP contribution in [0, 0.1) is 20.8 Å². The van der Waals surface area contributed by atoms with Crippen LogP contribution in [0.4, 0.5) is 0 Å². The third-order valence-electron chi connectivity index (χ3n) is 4.86. The van der Waals surface area contributed by atoms with Gasteiger partial charge in [-0.3, -0.25) is 9.67 Å². The normalized spacial score (nSPS) is 11.5. The van der Waals surface area contributed by atoms with Crippen molar-refractivity contribution in [2.45, 2.75) is 47.1 Å². The maximum Gasteiger partial charge on any atom is 0.191 e. The predicted molar refractivity (Wildman–Crippen MR) is 132 cm³/mol. The molecule has 3 N–H and O–H groups in total. The Balaban J connectivity index is 0.00000300. The summed E-state index contributed by atoms with van der Waals surface area (Å²) in [5.74, 6) is 0.881. The van der Waals surface area contributed by atoms with E-state index in [4.69, 9.17) is 4.99 Å². The van der Waals surface area contributed by atoms with Gasteiger partial charge in [0.15, 0.2) is 5.96 Å². The molecule has 2 heterocycles. The van der Waals surface area contributed by atoms with Crippen molar-refractivity contribution in [3.63, 3.8) is 0 Å². The first-order chi connectivity index (χ1) is 13.6. The molecule has 6 nitrogen and oxygen atoms in total. The average molecular weight is 508 g/mol. The number of aliphatic imine (C=N–C) groups is 1. The molecule has 29 heavy (non-hydrogen) atoms. The van der Waals surface area contributed by atoms with Gasteiger partial charge in [-0.25, -0.2) is 0 Å². The van der Waals surface area contributed by atoms with E-state index in [2.05, 4.69) is 76.6 Å². The molecular weight excluding hydrogens is 475 g/mol. The number of nitrogens with zero attached hydrogens (tertiary/aromatic N) is 3. The Kier molecular flexibility index (Phi) is 9.00. The van der Waals surface area contributed by atoms with E-state index >= 15 is 0 Å². The molecule has 0 fully saturated rings. The van der Waals surface area contributed by atoms with Gasteiger partial charge in [0, 0.05) is 49.0 Å². The second kappa shape index (κ2) is 11.2. The number of hydrogen-bond donors (Lipinski definition) is 3. The van der Waals surface area contributed by atoms with E-state index in [0.29, 0.717) is 0 Å². The summed E-state index contributed by atoms with van der Waals surface area (Å²) in [6.07, 6.45) is 4.05. The number of aromatic amines is 1. The fraction of sp³-hybridized carbons (Fsp3) is 0.455. The average Bonchev–Trinajstić information content (AvgIpc) is 3.20. The van der Waals surface area contributed by atoms with E-state index in [-0.39, 0.29) is 24.0 Å². The second-order valence-corrected chi connectivity index (χ2v) is 7.30. The Morgan fingerprint density at radius 2 is 2.00 bits per heavy atom. The first-order valence-electron chi connectivity index (χ1n) is 10.2. The van der Waals surface area contributed by atoms with Gasteiger partial charge in [0.1, 0.15) is 0 Å². The molecular formula is C22H33IN6. The number of benzene rings is 1. The number of nitrogens with one attached hydrogen (secondary N) is 3. The first kappa shape index (κ1) is 23.3. The van der Waals surface area contributed by atoms with Gasteiger partial charge in [-0.1, -0.05) is 12.1 Å². The van der Waals surface area contributed by atoms with E-state index in [1.165, 1.54) is 27.7 Å². The maximum absolute atomic E-state index is 4.70. The zero-order valence-corrected chi connectivity index (χ0v) is 20.2. The Morgan fingerprint density at radius 1 is 1.17 bits per heavy atom. The highest BCUT2D eigenvalue weighted by atomic mass is 127. The number of aromatic nitrogens is 3. The molecule has 0 bridgehead atoms. The summed E-state index contributed by atoms with van der Waals surface area (Å²) in [5, 5.41) is 12.6. The van der Waals surface area contributed by atoms with Gasteiger partial charge in [0.2, 0.25) is 0 Å². The minimum Gasteiger partial charge on any atom is -0.361 e. The summed E-state index contributed by atoms with van der Waals surface area (Å²) in [7, 11) is 0. The van der Waals surface area contributed by atoms with E-state index < -0.39 is 0 Å². The summed E-state index contributed by atoms with van der Waals surface area (Å²) in [4.78, 5) is 8.08. The number of H-pyrrole nitrogens is 1. The molecule has 0 amide bonds. The Hall–Kier alpha value is -2.03. The molecule has 0 aliphatic heterocycles. The lowest BCUT2D eigenvalue weighted by atomic mass is 10.1. The van der Waals surface area contributed by atoms with Gasteiger partial charge in [-0.05, 0) is 63.8 Å². The van der Waals surface area contributed by atoms with Crippen molar-refractivity contribution in [1.82, 2.24) is 25.4 Å². The van der Waals surface area contributed by atoms with Gasteiger partial charge in [0.05, 0.1) is 5.69 Å². The molecule has 158 valence electrons. The Labute approximate surface area is 190 Å². The third-order valence-corrected chi connectivity index (χ3v) is 4.86. The summed E-state index contributed by atoms with van der Waals surface area (Å²) in [5.41, 5.74) is 6.10. The van der Waals surface area contributed by atoms with Crippen LogP contribution in [0.1, 0.15) is 35.9 Å². The smallest absolute Gasteiger partial charge is 0.191 e. The monoisotopic (exact) mass is 508 g/mol. The molecule has 3 rings (SSSR count).